The van der Waals surface area contributed by atoms with Gasteiger partial charge in [0, 0.05) is 37.8 Å². The molecule has 2 aromatic rings. The van der Waals surface area contributed by atoms with Crippen molar-refractivity contribution < 1.29 is 4.74 Å². The number of rotatable bonds is 2. The lowest BCUT2D eigenvalue weighted by Crippen LogP contribution is -2.34. The molecule has 1 N–H and O–H groups in total. The molecule has 0 radical (unpaired) electrons. The number of allylic oxidation sites excluding steroid dienone is 2. The average molecular weight is 338 g/mol. The van der Waals surface area contributed by atoms with Gasteiger partial charge in [-0.2, -0.15) is 0 Å². The molecule has 2 atom stereocenters. The van der Waals surface area contributed by atoms with Crippen LogP contribution in [0.3, 0.4) is 0 Å². The summed E-state index contributed by atoms with van der Waals surface area (Å²) in [7, 11) is 0. The van der Waals surface area contributed by atoms with Gasteiger partial charge in [-0.15, -0.1) is 0 Å². The van der Waals surface area contributed by atoms with Crippen molar-refractivity contribution in [2.24, 2.45) is 5.92 Å². The molecule has 0 aromatic carbocycles. The Morgan fingerprint density at radius 2 is 2.08 bits per heavy atom. The van der Waals surface area contributed by atoms with Crippen molar-refractivity contribution in [2.75, 3.05) is 19.8 Å². The van der Waals surface area contributed by atoms with Gasteiger partial charge in [-0.3, -0.25) is 9.38 Å². The monoisotopic (exact) mass is 338 g/mol. The lowest BCUT2D eigenvalue weighted by Gasteiger charge is -2.26. The van der Waals surface area contributed by atoms with Crippen molar-refractivity contribution >= 4 is 11.2 Å². The molecule has 0 bridgehead atoms. The molecule has 3 aliphatic rings. The highest BCUT2D eigenvalue weighted by molar-refractivity contribution is 5.73. The van der Waals surface area contributed by atoms with Crippen molar-refractivity contribution in [3.8, 4) is 0 Å². The molecule has 5 rings (SSSR count). The van der Waals surface area contributed by atoms with Gasteiger partial charge in [0.05, 0.1) is 23.3 Å². The molecule has 2 saturated heterocycles. The number of aromatic nitrogens is 3. The van der Waals surface area contributed by atoms with Gasteiger partial charge < -0.3 is 10.1 Å². The molecule has 2 aromatic heterocycles. The van der Waals surface area contributed by atoms with Crippen LogP contribution in [0, 0.1) is 5.92 Å². The second kappa shape index (κ2) is 6.22. The van der Waals surface area contributed by atoms with Gasteiger partial charge in [0.15, 0.2) is 5.65 Å². The first-order chi connectivity index (χ1) is 12.3. The molecule has 1 aliphatic carbocycles. The number of nitrogens with zero attached hydrogens (tertiary/aromatic N) is 3. The van der Waals surface area contributed by atoms with Crippen LogP contribution in [0.5, 0.6) is 0 Å². The van der Waals surface area contributed by atoms with Crippen LogP contribution in [0.1, 0.15) is 55.6 Å². The van der Waals surface area contributed by atoms with Crippen molar-refractivity contribution in [1.29, 1.82) is 0 Å². The molecule has 0 spiro atoms. The van der Waals surface area contributed by atoms with E-state index < -0.39 is 0 Å². The Morgan fingerprint density at radius 3 is 2.92 bits per heavy atom. The van der Waals surface area contributed by atoms with Gasteiger partial charge in [0.2, 0.25) is 0 Å². The Bertz CT molecular complexity index is 818. The third-order valence-corrected chi connectivity index (χ3v) is 6.09. The summed E-state index contributed by atoms with van der Waals surface area (Å²) in [6.45, 7) is 5.11. The van der Waals surface area contributed by atoms with E-state index in [0.717, 1.165) is 44.7 Å². The summed E-state index contributed by atoms with van der Waals surface area (Å²) < 4.78 is 7.88. The Balaban J connectivity index is 1.53. The zero-order chi connectivity index (χ0) is 16.8. The number of hydrogen-bond acceptors (Lipinski definition) is 4. The van der Waals surface area contributed by atoms with E-state index in [2.05, 4.69) is 28.9 Å². The van der Waals surface area contributed by atoms with Crippen LogP contribution in [0.2, 0.25) is 0 Å². The number of nitrogens with one attached hydrogen (secondary N) is 1. The Morgan fingerprint density at radius 1 is 1.20 bits per heavy atom. The molecule has 0 amide bonds. The van der Waals surface area contributed by atoms with Crippen LogP contribution >= 0.6 is 0 Å². The van der Waals surface area contributed by atoms with E-state index in [1.807, 2.05) is 6.20 Å². The second-order valence-electron chi connectivity index (χ2n) is 7.77. The third kappa shape index (κ3) is 2.70. The Labute approximate surface area is 148 Å². The average Bonchev–Trinajstić information content (AvgIpc) is 3.26. The fourth-order valence-electron chi connectivity index (χ4n) is 4.74. The van der Waals surface area contributed by atoms with Crippen LogP contribution < -0.4 is 5.32 Å². The first kappa shape index (κ1) is 15.5. The van der Waals surface area contributed by atoms with E-state index in [4.69, 9.17) is 14.7 Å². The molecule has 25 heavy (non-hydrogen) atoms. The minimum atomic E-state index is 0.559. The van der Waals surface area contributed by atoms with Crippen molar-refractivity contribution in [3.05, 3.63) is 35.6 Å². The molecule has 0 unspecified atom stereocenters. The number of fused-ring (bicyclic) bond motifs is 3. The van der Waals surface area contributed by atoms with Gasteiger partial charge in [0.1, 0.15) is 0 Å². The molecule has 2 fully saturated rings. The molecule has 2 aliphatic heterocycles. The maximum absolute atomic E-state index is 5.56. The van der Waals surface area contributed by atoms with Crippen molar-refractivity contribution in [1.82, 2.24) is 19.7 Å². The molecule has 4 heterocycles. The summed E-state index contributed by atoms with van der Waals surface area (Å²) in [5.41, 5.74) is 6.22. The second-order valence-corrected chi connectivity index (χ2v) is 7.77. The predicted molar refractivity (Wildman–Crippen MR) is 97.7 cm³/mol. The maximum atomic E-state index is 5.56. The zero-order valence-corrected chi connectivity index (χ0v) is 14.9. The first-order valence-corrected chi connectivity index (χ1v) is 9.68. The number of ether oxygens (including phenoxy) is 1. The lowest BCUT2D eigenvalue weighted by molar-refractivity contribution is 0.0807. The molecular weight excluding hydrogens is 312 g/mol. The SMILES string of the molecule is C[C@H]1C[C@H](c2cn3c4c(ncc3n2)CC=C4C2CCOCC2)CCN1. The van der Waals surface area contributed by atoms with Crippen molar-refractivity contribution in [2.45, 2.75) is 51.0 Å². The molecular formula is C20H26N4O. The van der Waals surface area contributed by atoms with E-state index in [0.29, 0.717) is 17.9 Å². The summed E-state index contributed by atoms with van der Waals surface area (Å²) >= 11 is 0. The Hall–Kier alpha value is -1.72. The summed E-state index contributed by atoms with van der Waals surface area (Å²) in [5, 5.41) is 3.54. The standard InChI is InChI=1S/C20H26N4O/c1-13-10-15(4-7-21-13)18-12-24-19(23-18)11-22-17-3-2-16(20(17)24)14-5-8-25-9-6-14/h2,11-15,21H,3-10H2,1H3/t13-,15+/m0/s1. The predicted octanol–water partition coefficient (Wildman–Crippen LogP) is 2.95. The number of hydrogen-bond donors (Lipinski definition) is 1. The summed E-state index contributed by atoms with van der Waals surface area (Å²) in [6, 6.07) is 0.574. The van der Waals surface area contributed by atoms with E-state index >= 15 is 0 Å². The summed E-state index contributed by atoms with van der Waals surface area (Å²) in [6.07, 6.45) is 12.2. The van der Waals surface area contributed by atoms with E-state index in [9.17, 15) is 0 Å². The largest absolute Gasteiger partial charge is 0.381 e. The van der Waals surface area contributed by atoms with Crippen molar-refractivity contribution in [3.63, 3.8) is 0 Å². The quantitative estimate of drug-likeness (QED) is 0.915. The van der Waals surface area contributed by atoms with Crippen LogP contribution in [0.25, 0.3) is 11.2 Å². The minimum absolute atomic E-state index is 0.559. The Kier molecular flexibility index (Phi) is 3.86. The third-order valence-electron chi connectivity index (χ3n) is 6.09. The smallest absolute Gasteiger partial charge is 0.156 e. The zero-order valence-electron chi connectivity index (χ0n) is 14.9. The fraction of sp³-hybridized carbons (Fsp3) is 0.600. The maximum Gasteiger partial charge on any atom is 0.156 e. The summed E-state index contributed by atoms with van der Waals surface area (Å²) in [5.74, 6) is 1.16. The number of piperidine rings is 1. The molecule has 0 saturated carbocycles. The molecule has 132 valence electrons. The highest BCUT2D eigenvalue weighted by atomic mass is 16.5. The normalized spacial score (nSPS) is 27.5. The summed E-state index contributed by atoms with van der Waals surface area (Å²) in [4.78, 5) is 9.68. The molecule has 5 nitrogen and oxygen atoms in total. The fourth-order valence-corrected chi connectivity index (χ4v) is 4.74. The van der Waals surface area contributed by atoms with Gasteiger partial charge >= 0.3 is 0 Å². The van der Waals surface area contributed by atoms with E-state index in [1.165, 1.54) is 35.5 Å². The van der Waals surface area contributed by atoms with Gasteiger partial charge in [0.25, 0.3) is 0 Å². The van der Waals surface area contributed by atoms with E-state index in [-0.39, 0.29) is 0 Å². The first-order valence-electron chi connectivity index (χ1n) is 9.68. The highest BCUT2D eigenvalue weighted by Crippen LogP contribution is 2.38. The minimum Gasteiger partial charge on any atom is -0.381 e. The highest BCUT2D eigenvalue weighted by Gasteiger charge is 2.29. The van der Waals surface area contributed by atoms with Gasteiger partial charge in [-0.25, -0.2) is 4.98 Å². The number of imidazole rings is 1. The lowest BCUT2D eigenvalue weighted by atomic mass is 9.90. The molecule has 5 heteroatoms. The van der Waals surface area contributed by atoms with Crippen LogP contribution in [0.4, 0.5) is 0 Å². The van der Waals surface area contributed by atoms with Gasteiger partial charge in [-0.1, -0.05) is 6.08 Å². The topological polar surface area (TPSA) is 51.5 Å². The van der Waals surface area contributed by atoms with Crippen LogP contribution in [-0.2, 0) is 11.2 Å². The van der Waals surface area contributed by atoms with Crippen LogP contribution in [0.15, 0.2) is 18.5 Å². The van der Waals surface area contributed by atoms with Gasteiger partial charge in [-0.05, 0) is 50.6 Å². The van der Waals surface area contributed by atoms with Crippen LogP contribution in [-0.4, -0.2) is 40.2 Å². The van der Waals surface area contributed by atoms with E-state index in [1.54, 1.807) is 0 Å².